The molecule has 2 aromatic carbocycles. The van der Waals surface area contributed by atoms with Gasteiger partial charge >= 0.3 is 0 Å². The number of hydrogen-bond donors (Lipinski definition) is 3. The van der Waals surface area contributed by atoms with E-state index in [4.69, 9.17) is 0 Å². The molecule has 0 saturated carbocycles. The number of rotatable bonds is 8. The van der Waals surface area contributed by atoms with E-state index in [1.165, 1.54) is 6.92 Å². The highest BCUT2D eigenvalue weighted by Gasteiger charge is 2.43. The molecule has 0 aromatic heterocycles. The first-order valence-corrected chi connectivity index (χ1v) is 9.47. The van der Waals surface area contributed by atoms with E-state index in [9.17, 15) is 23.5 Å². The number of aliphatic hydroxyl groups is 1. The second kappa shape index (κ2) is 10.6. The number of nitrogens with one attached hydrogen (secondary N) is 2. The van der Waals surface area contributed by atoms with E-state index in [1.54, 1.807) is 24.3 Å². The van der Waals surface area contributed by atoms with Crippen molar-refractivity contribution in [1.29, 1.82) is 0 Å². The SMILES string of the molecule is CCC(=O)[C@@H](NCNC(=O)c1ccc(C#Cc2ccccc2)cc1)[C@](C)(O)C(F)F. The molecule has 0 bridgehead atoms. The van der Waals surface area contributed by atoms with Crippen molar-refractivity contribution in [3.05, 3.63) is 71.3 Å². The Kier molecular flexibility index (Phi) is 8.22. The molecule has 0 aliphatic carbocycles. The number of hydrogen-bond acceptors (Lipinski definition) is 4. The summed E-state index contributed by atoms with van der Waals surface area (Å²) < 4.78 is 26.2. The minimum atomic E-state index is -3.12. The van der Waals surface area contributed by atoms with Gasteiger partial charge in [0.2, 0.25) is 0 Å². The lowest BCUT2D eigenvalue weighted by molar-refractivity contribution is -0.141. The highest BCUT2D eigenvalue weighted by atomic mass is 19.3. The van der Waals surface area contributed by atoms with Crippen molar-refractivity contribution >= 4 is 11.7 Å². The molecule has 7 heteroatoms. The molecule has 0 saturated heterocycles. The van der Waals surface area contributed by atoms with Gasteiger partial charge in [-0.25, -0.2) is 8.78 Å². The molecule has 0 spiro atoms. The van der Waals surface area contributed by atoms with Crippen molar-refractivity contribution in [3.8, 4) is 11.8 Å². The van der Waals surface area contributed by atoms with Gasteiger partial charge in [0, 0.05) is 23.1 Å². The summed E-state index contributed by atoms with van der Waals surface area (Å²) in [4.78, 5) is 24.2. The molecule has 2 aromatic rings. The first-order valence-electron chi connectivity index (χ1n) is 9.47. The molecule has 3 N–H and O–H groups in total. The van der Waals surface area contributed by atoms with Crippen molar-refractivity contribution in [2.75, 3.05) is 6.67 Å². The van der Waals surface area contributed by atoms with E-state index >= 15 is 0 Å². The largest absolute Gasteiger partial charge is 0.382 e. The lowest BCUT2D eigenvalue weighted by atomic mass is 9.92. The third-order valence-electron chi connectivity index (χ3n) is 4.52. The zero-order valence-electron chi connectivity index (χ0n) is 16.8. The minimum absolute atomic E-state index is 0.0278. The fourth-order valence-electron chi connectivity index (χ4n) is 2.68. The summed E-state index contributed by atoms with van der Waals surface area (Å²) >= 11 is 0. The number of ketones is 1. The van der Waals surface area contributed by atoms with Gasteiger partial charge in [0.15, 0.2) is 5.78 Å². The smallest absolute Gasteiger partial charge is 0.268 e. The van der Waals surface area contributed by atoms with E-state index < -0.39 is 29.8 Å². The van der Waals surface area contributed by atoms with Gasteiger partial charge in [-0.2, -0.15) is 0 Å². The quantitative estimate of drug-likeness (QED) is 0.459. The van der Waals surface area contributed by atoms with E-state index in [0.29, 0.717) is 5.56 Å². The van der Waals surface area contributed by atoms with Crippen LogP contribution in [-0.2, 0) is 4.79 Å². The Labute approximate surface area is 174 Å². The molecule has 0 heterocycles. The fraction of sp³-hybridized carbons (Fsp3) is 0.304. The molecule has 2 rings (SSSR count). The molecule has 1 amide bonds. The highest BCUT2D eigenvalue weighted by molar-refractivity contribution is 5.94. The minimum Gasteiger partial charge on any atom is -0.382 e. The standard InChI is InChI=1S/C23H24F2N2O3/c1-3-19(28)20(23(2,30)22(24)25)26-15-27-21(29)18-13-11-17(12-14-18)10-9-16-7-5-4-6-8-16/h4-8,11-14,20,22,26,30H,3,15H2,1-2H3,(H,27,29)/t20-,23+/m1/s1. The second-order valence-corrected chi connectivity index (χ2v) is 6.86. The molecule has 0 aliphatic rings. The molecule has 0 radical (unpaired) electrons. The maximum Gasteiger partial charge on any atom is 0.268 e. The van der Waals surface area contributed by atoms with Crippen LogP contribution in [0.5, 0.6) is 0 Å². The van der Waals surface area contributed by atoms with Gasteiger partial charge in [0.1, 0.15) is 11.6 Å². The maximum absolute atomic E-state index is 13.1. The third kappa shape index (κ3) is 6.21. The topological polar surface area (TPSA) is 78.4 Å². The van der Waals surface area contributed by atoms with Gasteiger partial charge in [-0.3, -0.25) is 14.9 Å². The summed E-state index contributed by atoms with van der Waals surface area (Å²) in [5.74, 6) is 4.99. The summed E-state index contributed by atoms with van der Waals surface area (Å²) in [5.41, 5.74) is -0.589. The van der Waals surface area contributed by atoms with Crippen molar-refractivity contribution in [1.82, 2.24) is 10.6 Å². The Balaban J connectivity index is 1.96. The molecular formula is C23H24F2N2O3. The first-order chi connectivity index (χ1) is 14.3. The predicted octanol–water partition coefficient (Wildman–Crippen LogP) is 2.73. The Morgan fingerprint density at radius 3 is 2.13 bits per heavy atom. The molecule has 30 heavy (non-hydrogen) atoms. The van der Waals surface area contributed by atoms with Gasteiger partial charge in [-0.15, -0.1) is 0 Å². The van der Waals surface area contributed by atoms with Crippen molar-refractivity contribution in [2.45, 2.75) is 38.3 Å². The third-order valence-corrected chi connectivity index (χ3v) is 4.52. The van der Waals surface area contributed by atoms with Crippen LogP contribution in [0.4, 0.5) is 8.78 Å². The molecular weight excluding hydrogens is 390 g/mol. The van der Waals surface area contributed by atoms with Crippen LogP contribution in [0.1, 0.15) is 41.8 Å². The number of carbonyl (C=O) groups excluding carboxylic acids is 2. The van der Waals surface area contributed by atoms with Gasteiger partial charge in [-0.1, -0.05) is 37.0 Å². The van der Waals surface area contributed by atoms with E-state index in [0.717, 1.165) is 18.1 Å². The average Bonchev–Trinajstić information content (AvgIpc) is 2.75. The van der Waals surface area contributed by atoms with E-state index in [-0.39, 0.29) is 13.1 Å². The summed E-state index contributed by atoms with van der Waals surface area (Å²) in [6.07, 6.45) is -3.15. The number of Topliss-reactive ketones (excluding diaryl/α,β-unsaturated/α-hetero) is 1. The lowest BCUT2D eigenvalue weighted by Crippen LogP contribution is -2.59. The normalized spacial score (nSPS) is 13.7. The molecule has 2 atom stereocenters. The molecule has 0 unspecified atom stereocenters. The summed E-state index contributed by atoms with van der Waals surface area (Å²) in [5, 5.41) is 15.0. The Bertz CT molecular complexity index is 917. The molecule has 5 nitrogen and oxygen atoms in total. The van der Waals surface area contributed by atoms with Crippen LogP contribution in [0.25, 0.3) is 0 Å². The van der Waals surface area contributed by atoms with Gasteiger partial charge in [0.05, 0.1) is 6.67 Å². The number of halogens is 2. The van der Waals surface area contributed by atoms with E-state index in [1.807, 2.05) is 30.3 Å². The van der Waals surface area contributed by atoms with Crippen molar-refractivity contribution in [2.24, 2.45) is 0 Å². The average molecular weight is 414 g/mol. The van der Waals surface area contributed by atoms with Gasteiger partial charge in [0.25, 0.3) is 12.3 Å². The molecule has 0 fully saturated rings. The summed E-state index contributed by atoms with van der Waals surface area (Å²) in [6, 6.07) is 14.6. The monoisotopic (exact) mass is 414 g/mol. The van der Waals surface area contributed by atoms with Gasteiger partial charge in [-0.05, 0) is 43.3 Å². The van der Waals surface area contributed by atoms with E-state index in [2.05, 4.69) is 22.5 Å². The number of amides is 1. The van der Waals surface area contributed by atoms with Crippen LogP contribution in [0.15, 0.2) is 54.6 Å². The Morgan fingerprint density at radius 1 is 1.03 bits per heavy atom. The fourth-order valence-corrected chi connectivity index (χ4v) is 2.68. The highest BCUT2D eigenvalue weighted by Crippen LogP contribution is 2.21. The van der Waals surface area contributed by atoms with Crippen LogP contribution in [0.3, 0.4) is 0 Å². The second-order valence-electron chi connectivity index (χ2n) is 6.86. The number of alkyl halides is 2. The van der Waals surface area contributed by atoms with Crippen LogP contribution < -0.4 is 10.6 Å². The van der Waals surface area contributed by atoms with Gasteiger partial charge < -0.3 is 10.4 Å². The number of carbonyl (C=O) groups is 2. The van der Waals surface area contributed by atoms with Crippen LogP contribution >= 0.6 is 0 Å². The molecule has 0 aliphatic heterocycles. The Hall–Kier alpha value is -3.08. The van der Waals surface area contributed by atoms with Crippen molar-refractivity contribution < 1.29 is 23.5 Å². The maximum atomic E-state index is 13.1. The van der Waals surface area contributed by atoms with Crippen LogP contribution in [-0.4, -0.2) is 41.5 Å². The zero-order chi connectivity index (χ0) is 22.1. The Morgan fingerprint density at radius 2 is 1.60 bits per heavy atom. The summed E-state index contributed by atoms with van der Waals surface area (Å²) in [6.45, 7) is 2.15. The van der Waals surface area contributed by atoms with Crippen molar-refractivity contribution in [3.63, 3.8) is 0 Å². The lowest BCUT2D eigenvalue weighted by Gasteiger charge is -2.31. The van der Waals surface area contributed by atoms with Crippen LogP contribution in [0, 0.1) is 11.8 Å². The summed E-state index contributed by atoms with van der Waals surface area (Å²) in [7, 11) is 0. The molecule has 158 valence electrons. The zero-order valence-corrected chi connectivity index (χ0v) is 16.8. The number of benzene rings is 2. The first kappa shape index (κ1) is 23.2. The predicted molar refractivity (Wildman–Crippen MR) is 110 cm³/mol. The van der Waals surface area contributed by atoms with Crippen LogP contribution in [0.2, 0.25) is 0 Å².